The number of nitriles is 1. The fourth-order valence-electron chi connectivity index (χ4n) is 0.828. The van der Waals surface area contributed by atoms with E-state index in [9.17, 15) is 0 Å². The first kappa shape index (κ1) is 11.8. The molecule has 0 saturated heterocycles. The lowest BCUT2D eigenvalue weighted by molar-refractivity contribution is 0.265. The van der Waals surface area contributed by atoms with Crippen molar-refractivity contribution in [2.24, 2.45) is 5.16 Å². The molecule has 0 unspecified atom stereocenters. The Balaban J connectivity index is 2.92. The molecule has 0 amide bonds. The number of nitrogens with zero attached hydrogens (tertiary/aromatic N) is 2. The van der Waals surface area contributed by atoms with Gasteiger partial charge in [-0.2, -0.15) is 5.26 Å². The summed E-state index contributed by atoms with van der Waals surface area (Å²) in [6.07, 6.45) is 0. The summed E-state index contributed by atoms with van der Waals surface area (Å²) in [5.74, 6) is 0. The van der Waals surface area contributed by atoms with Crippen molar-refractivity contribution < 1.29 is 14.4 Å². The number of benzene rings is 1. The largest absolute Gasteiger partial charge is 0.397 e. The van der Waals surface area contributed by atoms with Crippen molar-refractivity contribution in [3.63, 3.8) is 0 Å². The summed E-state index contributed by atoms with van der Waals surface area (Å²) < 4.78 is 4.24. The molecule has 0 radical (unpaired) electrons. The Bertz CT molecular complexity index is 449. The van der Waals surface area contributed by atoms with Gasteiger partial charge in [0.1, 0.15) is 6.07 Å². The molecule has 0 aliphatic carbocycles. The molecule has 5 nitrogen and oxygen atoms in total. The van der Waals surface area contributed by atoms with Gasteiger partial charge < -0.3 is 14.4 Å². The van der Waals surface area contributed by atoms with Crippen LogP contribution >= 0.6 is 6.72 Å². The van der Waals surface area contributed by atoms with Crippen molar-refractivity contribution in [3.05, 3.63) is 35.9 Å². The minimum atomic E-state index is -3.86. The van der Waals surface area contributed by atoms with Crippen LogP contribution in [0.4, 0.5) is 0 Å². The van der Waals surface area contributed by atoms with Crippen LogP contribution in [0, 0.1) is 11.3 Å². The second-order valence-corrected chi connectivity index (χ2v) is 5.06. The summed E-state index contributed by atoms with van der Waals surface area (Å²) in [5, 5.41) is 12.0. The first-order valence-electron chi connectivity index (χ1n) is 3.81. The lowest BCUT2D eigenvalue weighted by Gasteiger charge is -2.03. The monoisotopic (exact) mass is 242 g/mol. The maximum atomic E-state index is 8.75. The van der Waals surface area contributed by atoms with Gasteiger partial charge in [0, 0.05) is 17.4 Å². The highest BCUT2D eigenvalue weighted by molar-refractivity contribution is 8.06. The molecule has 7 heteroatoms. The maximum Gasteiger partial charge on any atom is 0.397 e. The van der Waals surface area contributed by atoms with Gasteiger partial charge in [0.15, 0.2) is 5.71 Å². The van der Waals surface area contributed by atoms with E-state index >= 15 is 0 Å². The van der Waals surface area contributed by atoms with Crippen molar-refractivity contribution in [3.8, 4) is 6.07 Å². The SMILES string of the molecule is N#CC(=NOP(O)(O)=S)c1ccccc1. The molecule has 78 valence electrons. The van der Waals surface area contributed by atoms with Crippen LogP contribution in [-0.2, 0) is 16.4 Å². The van der Waals surface area contributed by atoms with Crippen molar-refractivity contribution in [1.82, 2.24) is 0 Å². The van der Waals surface area contributed by atoms with Crippen molar-refractivity contribution >= 4 is 24.2 Å². The Morgan fingerprint density at radius 2 is 2.00 bits per heavy atom. The van der Waals surface area contributed by atoms with Crippen molar-refractivity contribution in [2.45, 2.75) is 0 Å². The Labute approximate surface area is 91.5 Å². The minimum absolute atomic E-state index is 0.0621. The third-order valence-electron chi connectivity index (χ3n) is 1.39. The second kappa shape index (κ2) is 5.01. The lowest BCUT2D eigenvalue weighted by atomic mass is 10.1. The zero-order valence-electron chi connectivity index (χ0n) is 7.44. The zero-order valence-corrected chi connectivity index (χ0v) is 9.15. The third-order valence-corrected chi connectivity index (χ3v) is 1.89. The van der Waals surface area contributed by atoms with Crippen LogP contribution in [0.2, 0.25) is 0 Å². The molecule has 0 aromatic heterocycles. The van der Waals surface area contributed by atoms with Crippen LogP contribution in [0.15, 0.2) is 35.5 Å². The fraction of sp³-hybridized carbons (Fsp3) is 0. The molecule has 0 spiro atoms. The molecule has 1 rings (SSSR count). The molecular weight excluding hydrogens is 235 g/mol. The van der Waals surface area contributed by atoms with Crippen molar-refractivity contribution in [2.75, 3.05) is 0 Å². The summed E-state index contributed by atoms with van der Waals surface area (Å²) in [4.78, 5) is 17.5. The predicted octanol–water partition coefficient (Wildman–Crippen LogP) is 1.14. The van der Waals surface area contributed by atoms with E-state index in [1.54, 1.807) is 36.4 Å². The molecule has 0 saturated carbocycles. The van der Waals surface area contributed by atoms with Gasteiger partial charge >= 0.3 is 6.72 Å². The molecule has 0 aliphatic heterocycles. The maximum absolute atomic E-state index is 8.75. The van der Waals surface area contributed by atoms with Crippen LogP contribution in [0.1, 0.15) is 5.56 Å². The highest BCUT2D eigenvalue weighted by Crippen LogP contribution is 2.36. The molecule has 0 heterocycles. The number of hydrogen-bond donors (Lipinski definition) is 2. The highest BCUT2D eigenvalue weighted by atomic mass is 32.5. The van der Waals surface area contributed by atoms with Gasteiger partial charge in [-0.3, -0.25) is 0 Å². The molecule has 1 aromatic carbocycles. The van der Waals surface area contributed by atoms with E-state index in [2.05, 4.69) is 21.6 Å². The van der Waals surface area contributed by atoms with Crippen LogP contribution < -0.4 is 0 Å². The average Bonchev–Trinajstić information content (AvgIpc) is 2.19. The molecule has 2 N–H and O–H groups in total. The topological polar surface area (TPSA) is 85.8 Å². The molecule has 0 bridgehead atoms. The molecule has 0 aliphatic rings. The van der Waals surface area contributed by atoms with E-state index in [1.807, 2.05) is 0 Å². The summed E-state index contributed by atoms with van der Waals surface area (Å²) in [6, 6.07) is 10.3. The molecule has 0 atom stereocenters. The van der Waals surface area contributed by atoms with Crippen LogP contribution in [0.5, 0.6) is 0 Å². The second-order valence-electron chi connectivity index (χ2n) is 2.49. The number of rotatable bonds is 3. The summed E-state index contributed by atoms with van der Waals surface area (Å²) in [6.45, 7) is -3.86. The van der Waals surface area contributed by atoms with Gasteiger partial charge in [0.2, 0.25) is 0 Å². The Hall–Kier alpha value is -1.25. The Morgan fingerprint density at radius 3 is 2.47 bits per heavy atom. The quantitative estimate of drug-likeness (QED) is 0.471. The van der Waals surface area contributed by atoms with Crippen LogP contribution in [0.25, 0.3) is 0 Å². The smallest absolute Gasteiger partial charge is 0.314 e. The molecule has 15 heavy (non-hydrogen) atoms. The fourth-order valence-corrected chi connectivity index (χ4v) is 1.12. The van der Waals surface area contributed by atoms with Crippen LogP contribution in [0.3, 0.4) is 0 Å². The van der Waals surface area contributed by atoms with E-state index in [4.69, 9.17) is 15.0 Å². The standard InChI is InChI=1S/C8H7N2O3PS/c9-6-8(10-13-14(11,12)15)7-4-2-1-3-5-7/h1-5H,(H2,11,12,15). The lowest BCUT2D eigenvalue weighted by Crippen LogP contribution is -1.97. The zero-order chi connectivity index (χ0) is 11.3. The highest BCUT2D eigenvalue weighted by Gasteiger charge is 2.09. The van der Waals surface area contributed by atoms with Crippen LogP contribution in [-0.4, -0.2) is 15.5 Å². The third kappa shape index (κ3) is 4.19. The number of hydrogen-bond acceptors (Lipinski definition) is 4. The van der Waals surface area contributed by atoms with E-state index in [1.165, 1.54) is 0 Å². The van der Waals surface area contributed by atoms with E-state index in [0.29, 0.717) is 5.56 Å². The predicted molar refractivity (Wildman–Crippen MR) is 58.4 cm³/mol. The number of oxime groups is 1. The molecule has 1 aromatic rings. The first-order valence-corrected chi connectivity index (χ1v) is 6.43. The normalized spacial score (nSPS) is 11.9. The summed E-state index contributed by atoms with van der Waals surface area (Å²) in [7, 11) is 0. The van der Waals surface area contributed by atoms with Gasteiger partial charge in [-0.05, 0) is 0 Å². The van der Waals surface area contributed by atoms with Gasteiger partial charge in [-0.25, -0.2) is 0 Å². The van der Waals surface area contributed by atoms with Gasteiger partial charge in [-0.15, -0.1) is 0 Å². The Morgan fingerprint density at radius 1 is 1.40 bits per heavy atom. The van der Waals surface area contributed by atoms with E-state index in [0.717, 1.165) is 0 Å². The Kier molecular flexibility index (Phi) is 3.95. The summed E-state index contributed by atoms with van der Waals surface area (Å²) >= 11 is 4.18. The van der Waals surface area contributed by atoms with Gasteiger partial charge in [0.25, 0.3) is 0 Å². The van der Waals surface area contributed by atoms with Gasteiger partial charge in [-0.1, -0.05) is 35.5 Å². The van der Waals surface area contributed by atoms with E-state index in [-0.39, 0.29) is 5.71 Å². The first-order chi connectivity index (χ1) is 7.03. The minimum Gasteiger partial charge on any atom is -0.314 e. The average molecular weight is 242 g/mol. The van der Waals surface area contributed by atoms with Crippen molar-refractivity contribution in [1.29, 1.82) is 5.26 Å². The van der Waals surface area contributed by atoms with Gasteiger partial charge in [0.05, 0.1) is 0 Å². The van der Waals surface area contributed by atoms with E-state index < -0.39 is 6.72 Å². The molecule has 0 fully saturated rings. The summed E-state index contributed by atoms with van der Waals surface area (Å²) in [5.41, 5.74) is 0.455. The molecular formula is C8H7N2O3PS.